The Morgan fingerprint density at radius 3 is 2.47 bits per heavy atom. The van der Waals surface area contributed by atoms with E-state index >= 15 is 0 Å². The highest BCUT2D eigenvalue weighted by Crippen LogP contribution is 2.68. The van der Waals surface area contributed by atoms with E-state index in [9.17, 15) is 14.3 Å². The number of alkyl halides is 1. The lowest BCUT2D eigenvalue weighted by molar-refractivity contribution is -0.180. The third-order valence-corrected chi connectivity index (χ3v) is 10.9. The second-order valence-corrected chi connectivity index (χ2v) is 12.1. The van der Waals surface area contributed by atoms with Crippen LogP contribution < -0.4 is 0 Å². The molecule has 0 aliphatic heterocycles. The predicted octanol–water partition coefficient (Wildman–Crippen LogP) is 6.60. The van der Waals surface area contributed by atoms with Gasteiger partial charge in [-0.05, 0) is 85.4 Å². The highest BCUT2D eigenvalue weighted by molar-refractivity contribution is 5.86. The average Bonchev–Trinajstić information content (AvgIpc) is 3.06. The van der Waals surface area contributed by atoms with Gasteiger partial charge in [-0.1, -0.05) is 53.9 Å². The molecule has 0 bridgehead atoms. The quantitative estimate of drug-likeness (QED) is 0.544. The zero-order valence-electron chi connectivity index (χ0n) is 20.0. The largest absolute Gasteiger partial charge is 0.390 e. The lowest BCUT2D eigenvalue weighted by Crippen LogP contribution is -2.62. The van der Waals surface area contributed by atoms with Crippen molar-refractivity contribution in [2.24, 2.45) is 52.3 Å². The van der Waals surface area contributed by atoms with Gasteiger partial charge in [0, 0.05) is 11.8 Å². The first-order valence-corrected chi connectivity index (χ1v) is 13.0. The molecule has 0 saturated heterocycles. The number of halogens is 1. The Hall–Kier alpha value is -0.440. The molecule has 0 aromatic heterocycles. The fraction of sp³-hybridized carbons (Fsp3) is 0.963. The Labute approximate surface area is 183 Å². The number of hydrogen-bond donors (Lipinski definition) is 1. The van der Waals surface area contributed by atoms with Crippen LogP contribution in [-0.2, 0) is 4.79 Å². The van der Waals surface area contributed by atoms with Gasteiger partial charge in [0.15, 0.2) is 0 Å². The minimum Gasteiger partial charge on any atom is -0.390 e. The molecule has 4 rings (SSSR count). The van der Waals surface area contributed by atoms with Crippen molar-refractivity contribution in [1.29, 1.82) is 0 Å². The van der Waals surface area contributed by atoms with Gasteiger partial charge in [-0.3, -0.25) is 4.79 Å². The van der Waals surface area contributed by atoms with Crippen LogP contribution in [0.3, 0.4) is 0 Å². The molecule has 3 heteroatoms. The van der Waals surface area contributed by atoms with Crippen molar-refractivity contribution < 1.29 is 14.3 Å². The van der Waals surface area contributed by atoms with Crippen molar-refractivity contribution in [3.63, 3.8) is 0 Å². The third-order valence-electron chi connectivity index (χ3n) is 10.9. The molecule has 0 radical (unpaired) electrons. The van der Waals surface area contributed by atoms with Gasteiger partial charge in [0.25, 0.3) is 0 Å². The predicted molar refractivity (Wildman–Crippen MR) is 120 cm³/mol. The molecule has 4 aliphatic carbocycles. The van der Waals surface area contributed by atoms with Crippen LogP contribution in [0.1, 0.15) is 98.8 Å². The van der Waals surface area contributed by atoms with E-state index in [-0.39, 0.29) is 28.6 Å². The van der Waals surface area contributed by atoms with Crippen molar-refractivity contribution in [3.8, 4) is 0 Å². The van der Waals surface area contributed by atoms with Crippen LogP contribution in [0.25, 0.3) is 0 Å². The van der Waals surface area contributed by atoms with Crippen LogP contribution in [-0.4, -0.2) is 23.2 Å². The molecular formula is C27H45FO2. The number of rotatable bonds is 5. The van der Waals surface area contributed by atoms with E-state index < -0.39 is 12.3 Å². The Bertz CT molecular complexity index is 649. The summed E-state index contributed by atoms with van der Waals surface area (Å²) in [6.07, 6.45) is 8.35. The summed E-state index contributed by atoms with van der Waals surface area (Å²) >= 11 is 0. The zero-order valence-corrected chi connectivity index (χ0v) is 20.0. The first-order chi connectivity index (χ1) is 14.2. The van der Waals surface area contributed by atoms with E-state index in [2.05, 4.69) is 34.6 Å². The van der Waals surface area contributed by atoms with Gasteiger partial charge in [0.1, 0.15) is 12.0 Å². The van der Waals surface area contributed by atoms with Gasteiger partial charge in [0.2, 0.25) is 0 Å². The van der Waals surface area contributed by atoms with Crippen LogP contribution in [0.4, 0.5) is 4.39 Å². The van der Waals surface area contributed by atoms with Crippen molar-refractivity contribution >= 4 is 5.78 Å². The Kier molecular flexibility index (Phi) is 6.19. The van der Waals surface area contributed by atoms with Crippen LogP contribution in [0.5, 0.6) is 0 Å². The molecule has 172 valence electrons. The van der Waals surface area contributed by atoms with Gasteiger partial charge in [-0.25, -0.2) is 4.39 Å². The highest BCUT2D eigenvalue weighted by Gasteiger charge is 2.65. The SMILES string of the molecule is CCCC[C@@H](C)[C@H]1CC[C@H]2[C@@H]3C(=O)[C@H](CC)[C@@H]4C[C@H](O)[C@H](F)C[C@]4(C)[C@H]3CC[C@]12C. The number of carbonyl (C=O) groups is 1. The Morgan fingerprint density at radius 2 is 1.80 bits per heavy atom. The van der Waals surface area contributed by atoms with Crippen LogP contribution in [0.15, 0.2) is 0 Å². The molecule has 0 aromatic carbocycles. The van der Waals surface area contributed by atoms with Crippen LogP contribution in [0, 0.1) is 52.3 Å². The molecule has 4 fully saturated rings. The van der Waals surface area contributed by atoms with Crippen LogP contribution in [0.2, 0.25) is 0 Å². The second-order valence-electron chi connectivity index (χ2n) is 12.1. The smallest absolute Gasteiger partial charge is 0.139 e. The summed E-state index contributed by atoms with van der Waals surface area (Å²) < 4.78 is 14.8. The minimum atomic E-state index is -1.13. The number of ketones is 1. The first kappa shape index (κ1) is 22.7. The fourth-order valence-corrected chi connectivity index (χ4v) is 9.34. The summed E-state index contributed by atoms with van der Waals surface area (Å²) in [6.45, 7) is 11.6. The maximum atomic E-state index is 14.8. The number of Topliss-reactive ketones (excluding diaryl/α,β-unsaturated/α-hetero) is 1. The summed E-state index contributed by atoms with van der Waals surface area (Å²) in [6, 6.07) is 0. The molecule has 2 nitrogen and oxygen atoms in total. The number of fused-ring (bicyclic) bond motifs is 5. The molecule has 0 aromatic rings. The molecule has 0 unspecified atom stereocenters. The molecule has 4 saturated carbocycles. The lowest BCUT2D eigenvalue weighted by atomic mass is 9.41. The van der Waals surface area contributed by atoms with Gasteiger partial charge >= 0.3 is 0 Å². The van der Waals surface area contributed by atoms with Crippen molar-refractivity contribution in [3.05, 3.63) is 0 Å². The average molecular weight is 421 g/mol. The minimum absolute atomic E-state index is 0.0114. The molecule has 0 amide bonds. The Balaban J connectivity index is 1.66. The number of aliphatic hydroxyl groups is 1. The van der Waals surface area contributed by atoms with Gasteiger partial charge in [-0.2, -0.15) is 0 Å². The van der Waals surface area contributed by atoms with Crippen LogP contribution >= 0.6 is 0 Å². The fourth-order valence-electron chi connectivity index (χ4n) is 9.34. The topological polar surface area (TPSA) is 37.3 Å². The summed E-state index contributed by atoms with van der Waals surface area (Å²) in [5.41, 5.74) is 0.139. The van der Waals surface area contributed by atoms with E-state index in [1.165, 1.54) is 38.5 Å². The standard InChI is InChI=1S/C27H45FO2/c1-6-8-9-16(3)18-10-11-19-24-20(12-13-26(18,19)4)27(5)15-22(28)23(29)14-21(27)17(7-2)25(24)30/h16-24,29H,6-15H2,1-5H3/t16-,17-,18-,19+,20+,21+,22-,23+,24+,26-,27-/m1/s1. The summed E-state index contributed by atoms with van der Waals surface area (Å²) in [5, 5.41) is 10.3. The number of unbranched alkanes of at least 4 members (excludes halogenated alkanes) is 1. The van der Waals surface area contributed by atoms with Gasteiger partial charge in [-0.15, -0.1) is 0 Å². The number of hydrogen-bond acceptors (Lipinski definition) is 2. The normalized spacial score (nSPS) is 51.8. The van der Waals surface area contributed by atoms with E-state index in [1.54, 1.807) is 0 Å². The van der Waals surface area contributed by atoms with E-state index in [1.807, 2.05) is 0 Å². The summed E-state index contributed by atoms with van der Waals surface area (Å²) in [4.78, 5) is 13.9. The van der Waals surface area contributed by atoms with Gasteiger partial charge in [0.05, 0.1) is 6.10 Å². The first-order valence-electron chi connectivity index (χ1n) is 13.0. The molecule has 0 spiro atoms. The molecule has 0 heterocycles. The van der Waals surface area contributed by atoms with E-state index in [4.69, 9.17) is 0 Å². The molecular weight excluding hydrogens is 375 g/mol. The summed E-state index contributed by atoms with van der Waals surface area (Å²) in [7, 11) is 0. The van der Waals surface area contributed by atoms with Gasteiger partial charge < -0.3 is 5.11 Å². The zero-order chi connectivity index (χ0) is 21.8. The van der Waals surface area contributed by atoms with Crippen molar-refractivity contribution in [2.75, 3.05) is 0 Å². The van der Waals surface area contributed by atoms with E-state index in [0.717, 1.165) is 24.7 Å². The lowest BCUT2D eigenvalue weighted by Gasteiger charge is -2.62. The molecule has 11 atom stereocenters. The van der Waals surface area contributed by atoms with Crippen molar-refractivity contribution in [2.45, 2.75) is 111 Å². The monoisotopic (exact) mass is 420 g/mol. The molecule has 1 N–H and O–H groups in total. The number of carbonyl (C=O) groups excluding carboxylic acids is 1. The van der Waals surface area contributed by atoms with E-state index in [0.29, 0.717) is 30.5 Å². The third kappa shape index (κ3) is 3.23. The maximum absolute atomic E-state index is 14.8. The second kappa shape index (κ2) is 8.16. The summed E-state index contributed by atoms with van der Waals surface area (Å²) in [5.74, 6) is 3.03. The highest BCUT2D eigenvalue weighted by atomic mass is 19.1. The maximum Gasteiger partial charge on any atom is 0.139 e. The van der Waals surface area contributed by atoms with Crippen molar-refractivity contribution in [1.82, 2.24) is 0 Å². The number of aliphatic hydroxyl groups excluding tert-OH is 1. The molecule has 4 aliphatic rings. The molecule has 30 heavy (non-hydrogen) atoms. The Morgan fingerprint density at radius 1 is 1.10 bits per heavy atom.